The molecule has 1 saturated heterocycles. The molecule has 0 aromatic carbocycles. The maximum absolute atomic E-state index is 11.8. The Morgan fingerprint density at radius 1 is 0.700 bits per heavy atom. The molecule has 1 rings (SSSR count). The van der Waals surface area contributed by atoms with Crippen LogP contribution in [0.4, 0.5) is 56.6 Å². The molecule has 0 unspecified atom stereocenters. The Kier molecular flexibility index (Phi) is 15.3. The number of amides is 1. The van der Waals surface area contributed by atoms with E-state index in [9.17, 15) is 56.6 Å². The summed E-state index contributed by atoms with van der Waals surface area (Å²) < 4.78 is 122. The summed E-state index contributed by atoms with van der Waals surface area (Å²) in [5.74, 6) is 0. The van der Waals surface area contributed by atoms with Gasteiger partial charge in [-0.2, -0.15) is 0 Å². The molecule has 4 nitrogen and oxygen atoms in total. The monoisotopic (exact) mass is 475 g/mol. The van der Waals surface area contributed by atoms with Crippen LogP contribution in [-0.4, -0.2) is 76.5 Å². The van der Waals surface area contributed by atoms with Crippen LogP contribution in [0.15, 0.2) is 0 Å². The van der Waals surface area contributed by atoms with E-state index in [-0.39, 0.29) is 6.09 Å². The van der Waals surface area contributed by atoms with Crippen LogP contribution in [0.25, 0.3) is 0 Å². The molecular weight excluding hydrogens is 453 g/mol. The van der Waals surface area contributed by atoms with Crippen molar-refractivity contribution in [1.82, 2.24) is 9.80 Å². The molecule has 0 aromatic heterocycles. The number of likely N-dealkylation sites (N-methyl/N-ethyl adjacent to an activating group) is 1. The molecule has 0 atom stereocenters. The summed E-state index contributed by atoms with van der Waals surface area (Å²) in [4.78, 5) is 15.8. The van der Waals surface area contributed by atoms with Crippen LogP contribution >= 0.6 is 0 Å². The third-order valence-electron chi connectivity index (χ3n) is 2.37. The number of nitrogens with zero attached hydrogens (tertiary/aromatic N) is 2. The summed E-state index contributed by atoms with van der Waals surface area (Å²) >= 11 is 0. The van der Waals surface area contributed by atoms with Gasteiger partial charge in [-0.25, -0.2) is 4.79 Å². The SMILES string of the molecule is CN1CCCN(C(=O)OC(C)(C)C)CC1.F[B-](F)(F)F.F[B-](F)(F)F.F[B-](F)(F)F. The number of hydrogen-bond acceptors (Lipinski definition) is 3. The number of rotatable bonds is 0. The molecule has 0 radical (unpaired) electrons. The van der Waals surface area contributed by atoms with Crippen LogP contribution in [-0.2, 0) is 4.74 Å². The van der Waals surface area contributed by atoms with E-state index in [1.165, 1.54) is 0 Å². The minimum absolute atomic E-state index is 0.183. The first kappa shape index (κ1) is 33.2. The van der Waals surface area contributed by atoms with Gasteiger partial charge in [0.2, 0.25) is 0 Å². The highest BCUT2D eigenvalue weighted by Crippen LogP contribution is 2.11. The highest BCUT2D eigenvalue weighted by Gasteiger charge is 2.23. The highest BCUT2D eigenvalue weighted by atomic mass is 19.5. The lowest BCUT2D eigenvalue weighted by Crippen LogP contribution is -2.38. The van der Waals surface area contributed by atoms with Gasteiger partial charge < -0.3 is 66.3 Å². The van der Waals surface area contributed by atoms with Crippen LogP contribution in [0, 0.1) is 0 Å². The van der Waals surface area contributed by atoms with Gasteiger partial charge in [0.05, 0.1) is 0 Å². The normalized spacial score (nSPS) is 15.9. The molecular formula is C11H22B3F12N2O2-3. The Morgan fingerprint density at radius 2 is 1.03 bits per heavy atom. The van der Waals surface area contributed by atoms with E-state index in [1.807, 2.05) is 20.8 Å². The van der Waals surface area contributed by atoms with Crippen molar-refractivity contribution in [3.63, 3.8) is 0 Å². The maximum atomic E-state index is 11.8. The van der Waals surface area contributed by atoms with Gasteiger partial charge in [0.1, 0.15) is 5.60 Å². The lowest BCUT2D eigenvalue weighted by Gasteiger charge is -2.26. The fraction of sp³-hybridized carbons (Fsp3) is 0.909. The highest BCUT2D eigenvalue weighted by molar-refractivity contribution is 6.50. The van der Waals surface area contributed by atoms with Gasteiger partial charge in [0.15, 0.2) is 0 Å². The number of halogens is 12. The molecule has 184 valence electrons. The number of hydrogen-bond donors (Lipinski definition) is 0. The third kappa shape index (κ3) is 50.4. The van der Waals surface area contributed by atoms with Gasteiger partial charge in [0.25, 0.3) is 0 Å². The summed E-state index contributed by atoms with van der Waals surface area (Å²) in [7, 11) is -15.9. The quantitative estimate of drug-likeness (QED) is 0.345. The van der Waals surface area contributed by atoms with Gasteiger partial charge in [-0.1, -0.05) is 0 Å². The minimum Gasteiger partial charge on any atom is -0.444 e. The van der Waals surface area contributed by atoms with E-state index in [0.29, 0.717) is 0 Å². The van der Waals surface area contributed by atoms with Crippen LogP contribution in [0.5, 0.6) is 0 Å². The number of ether oxygens (including phenoxy) is 1. The van der Waals surface area contributed by atoms with Gasteiger partial charge in [-0.3, -0.25) is 0 Å². The van der Waals surface area contributed by atoms with Crippen LogP contribution in [0.2, 0.25) is 0 Å². The van der Waals surface area contributed by atoms with E-state index in [1.54, 1.807) is 4.90 Å². The standard InChI is InChI=1S/C11H22N2O2.3BF4/c1-11(2,3)15-10(14)13-7-5-6-12(4)8-9-13;3*2-1(3,4)5/h5-9H2,1-4H3;;;/q;3*-1. The van der Waals surface area contributed by atoms with Crippen molar-refractivity contribution in [2.45, 2.75) is 32.8 Å². The second-order valence-electron chi connectivity index (χ2n) is 6.61. The summed E-state index contributed by atoms with van der Waals surface area (Å²) in [6.45, 7) is 9.25. The number of carbonyl (C=O) groups excluding carboxylic acids is 1. The van der Waals surface area contributed by atoms with Crippen molar-refractivity contribution in [2.24, 2.45) is 0 Å². The summed E-state index contributed by atoms with van der Waals surface area (Å²) in [5, 5.41) is 0. The largest absolute Gasteiger partial charge is 0.673 e. The molecule has 1 fully saturated rings. The van der Waals surface area contributed by atoms with E-state index < -0.39 is 27.4 Å². The first-order valence-electron chi connectivity index (χ1n) is 8.17. The molecule has 0 aliphatic carbocycles. The van der Waals surface area contributed by atoms with Gasteiger partial charge in [0, 0.05) is 19.6 Å². The molecule has 0 saturated carbocycles. The van der Waals surface area contributed by atoms with Crippen molar-refractivity contribution in [3.05, 3.63) is 0 Å². The number of carbonyl (C=O) groups is 1. The van der Waals surface area contributed by atoms with Gasteiger partial charge in [-0.05, 0) is 40.8 Å². The molecule has 1 aliphatic heterocycles. The predicted molar refractivity (Wildman–Crippen MR) is 90.5 cm³/mol. The average Bonchev–Trinajstić information content (AvgIpc) is 2.55. The molecule has 30 heavy (non-hydrogen) atoms. The molecule has 0 bridgehead atoms. The predicted octanol–water partition coefficient (Wildman–Crippen LogP) is 5.46. The van der Waals surface area contributed by atoms with E-state index in [0.717, 1.165) is 32.6 Å². The molecule has 1 aliphatic rings. The first-order chi connectivity index (χ1) is 12.9. The fourth-order valence-electron chi connectivity index (χ4n) is 1.56. The van der Waals surface area contributed by atoms with E-state index in [4.69, 9.17) is 4.74 Å². The lowest BCUT2D eigenvalue weighted by molar-refractivity contribution is 0.0258. The zero-order valence-corrected chi connectivity index (χ0v) is 16.5. The summed E-state index contributed by atoms with van der Waals surface area (Å²) in [6, 6.07) is 0. The molecule has 1 amide bonds. The Bertz CT molecular complexity index is 422. The maximum Gasteiger partial charge on any atom is 0.673 e. The zero-order valence-electron chi connectivity index (χ0n) is 16.5. The summed E-state index contributed by atoms with van der Waals surface area (Å²) in [6.07, 6.45) is 0.841. The lowest BCUT2D eigenvalue weighted by atomic mass is 10.2. The van der Waals surface area contributed by atoms with Crippen molar-refractivity contribution in [3.8, 4) is 0 Å². The molecule has 19 heteroatoms. The van der Waals surface area contributed by atoms with Crippen molar-refractivity contribution in [2.75, 3.05) is 33.2 Å². The van der Waals surface area contributed by atoms with E-state index in [2.05, 4.69) is 11.9 Å². The Morgan fingerprint density at radius 3 is 1.33 bits per heavy atom. The average molecular weight is 475 g/mol. The van der Waals surface area contributed by atoms with Crippen LogP contribution in [0.1, 0.15) is 27.2 Å². The summed E-state index contributed by atoms with van der Waals surface area (Å²) in [5.41, 5.74) is -0.394. The molecule has 0 N–H and O–H groups in total. The second kappa shape index (κ2) is 13.8. The third-order valence-corrected chi connectivity index (χ3v) is 2.37. The molecule has 0 spiro atoms. The smallest absolute Gasteiger partial charge is 0.444 e. The topological polar surface area (TPSA) is 32.8 Å². The Hall–Kier alpha value is -1.42. The fourth-order valence-corrected chi connectivity index (χ4v) is 1.56. The first-order valence-corrected chi connectivity index (χ1v) is 8.17. The molecule has 1 heterocycles. The van der Waals surface area contributed by atoms with Crippen LogP contribution in [0.3, 0.4) is 0 Å². The minimum atomic E-state index is -6.00. The second-order valence-corrected chi connectivity index (χ2v) is 6.61. The Balaban J connectivity index is -0.000000400. The van der Waals surface area contributed by atoms with Gasteiger partial charge in [-0.15, -0.1) is 0 Å². The van der Waals surface area contributed by atoms with Crippen molar-refractivity contribution in [1.29, 1.82) is 0 Å². The Labute approximate surface area is 166 Å². The zero-order chi connectivity index (χ0) is 25.0. The van der Waals surface area contributed by atoms with Crippen molar-refractivity contribution >= 4 is 27.9 Å². The van der Waals surface area contributed by atoms with Crippen molar-refractivity contribution < 1.29 is 61.3 Å². The van der Waals surface area contributed by atoms with Crippen LogP contribution < -0.4 is 0 Å². The molecule has 0 aromatic rings. The van der Waals surface area contributed by atoms with Gasteiger partial charge >= 0.3 is 27.9 Å². The van der Waals surface area contributed by atoms with E-state index >= 15 is 0 Å².